The molecular formula is C16H19FN2OS. The van der Waals surface area contributed by atoms with E-state index in [2.05, 4.69) is 0 Å². The van der Waals surface area contributed by atoms with Crippen molar-refractivity contribution in [1.82, 2.24) is 4.90 Å². The highest BCUT2D eigenvalue weighted by Gasteiger charge is 2.29. The molecule has 3 nitrogen and oxygen atoms in total. The van der Waals surface area contributed by atoms with E-state index in [0.29, 0.717) is 22.8 Å². The van der Waals surface area contributed by atoms with Crippen LogP contribution in [0.25, 0.3) is 10.1 Å². The van der Waals surface area contributed by atoms with Crippen LogP contribution >= 0.6 is 11.3 Å². The molecule has 1 aliphatic carbocycles. The van der Waals surface area contributed by atoms with Crippen LogP contribution in [0.4, 0.5) is 10.1 Å². The summed E-state index contributed by atoms with van der Waals surface area (Å²) in [6.45, 7) is 2.65. The van der Waals surface area contributed by atoms with Gasteiger partial charge in [-0.25, -0.2) is 4.39 Å². The van der Waals surface area contributed by atoms with Crippen LogP contribution < -0.4 is 5.73 Å². The van der Waals surface area contributed by atoms with Crippen LogP contribution in [0.5, 0.6) is 0 Å². The Bertz CT molecular complexity index is 676. The van der Waals surface area contributed by atoms with Gasteiger partial charge in [0.05, 0.1) is 11.1 Å². The van der Waals surface area contributed by atoms with Crippen LogP contribution in [0, 0.1) is 5.82 Å². The van der Waals surface area contributed by atoms with Gasteiger partial charge in [-0.2, -0.15) is 0 Å². The summed E-state index contributed by atoms with van der Waals surface area (Å²) in [4.78, 5) is 15.2. The zero-order chi connectivity index (χ0) is 15.0. The lowest BCUT2D eigenvalue weighted by Crippen LogP contribution is -2.38. The molecule has 5 heteroatoms. The number of benzene rings is 1. The van der Waals surface area contributed by atoms with Crippen molar-refractivity contribution < 1.29 is 9.18 Å². The Hall–Kier alpha value is -1.62. The van der Waals surface area contributed by atoms with Crippen molar-refractivity contribution in [1.29, 1.82) is 0 Å². The van der Waals surface area contributed by atoms with E-state index in [1.807, 2.05) is 17.9 Å². The summed E-state index contributed by atoms with van der Waals surface area (Å²) in [5.74, 6) is -0.410. The fourth-order valence-corrected chi connectivity index (χ4v) is 4.29. The summed E-state index contributed by atoms with van der Waals surface area (Å²) in [5.41, 5.74) is 6.34. The van der Waals surface area contributed by atoms with Crippen LogP contribution in [-0.2, 0) is 0 Å². The topological polar surface area (TPSA) is 46.3 Å². The fourth-order valence-electron chi connectivity index (χ4n) is 3.20. The van der Waals surface area contributed by atoms with Gasteiger partial charge in [0.1, 0.15) is 10.7 Å². The van der Waals surface area contributed by atoms with Crippen molar-refractivity contribution in [2.45, 2.75) is 38.6 Å². The molecule has 1 aliphatic rings. The van der Waals surface area contributed by atoms with Crippen LogP contribution in [0.1, 0.15) is 42.3 Å². The minimum atomic E-state index is -0.357. The molecule has 0 radical (unpaired) electrons. The summed E-state index contributed by atoms with van der Waals surface area (Å²) in [5, 5.41) is 0.383. The molecule has 1 fully saturated rings. The lowest BCUT2D eigenvalue weighted by Gasteiger charge is -2.27. The number of nitrogens with two attached hydrogens (primary N) is 1. The van der Waals surface area contributed by atoms with E-state index in [1.54, 1.807) is 6.07 Å². The average molecular weight is 306 g/mol. The van der Waals surface area contributed by atoms with Gasteiger partial charge < -0.3 is 10.6 Å². The summed E-state index contributed by atoms with van der Waals surface area (Å²) in [7, 11) is 0. The first-order valence-electron chi connectivity index (χ1n) is 7.41. The van der Waals surface area contributed by atoms with Gasteiger partial charge in [-0.3, -0.25) is 4.79 Å². The molecule has 1 amide bonds. The van der Waals surface area contributed by atoms with Crippen LogP contribution in [0.2, 0.25) is 0 Å². The molecule has 0 saturated heterocycles. The number of nitrogen functional groups attached to an aromatic ring is 1. The Morgan fingerprint density at radius 3 is 2.76 bits per heavy atom. The second-order valence-corrected chi connectivity index (χ2v) is 6.54. The summed E-state index contributed by atoms with van der Waals surface area (Å²) >= 11 is 1.29. The highest BCUT2D eigenvalue weighted by atomic mass is 32.1. The molecule has 0 unspecified atom stereocenters. The van der Waals surface area contributed by atoms with Crippen molar-refractivity contribution in [3.63, 3.8) is 0 Å². The first-order chi connectivity index (χ1) is 10.1. The third-order valence-electron chi connectivity index (χ3n) is 4.26. The SMILES string of the molecule is CCN(C(=O)c1sc2cccc(F)c2c1N)C1CCCC1. The van der Waals surface area contributed by atoms with Gasteiger partial charge in [0.15, 0.2) is 0 Å². The Kier molecular flexibility index (Phi) is 3.85. The summed E-state index contributed by atoms with van der Waals surface area (Å²) < 4.78 is 14.6. The lowest BCUT2D eigenvalue weighted by molar-refractivity contribution is 0.0699. The Morgan fingerprint density at radius 2 is 2.14 bits per heavy atom. The molecule has 3 rings (SSSR count). The van der Waals surface area contributed by atoms with E-state index < -0.39 is 0 Å². The summed E-state index contributed by atoms with van der Waals surface area (Å²) in [6, 6.07) is 5.14. The predicted octanol–water partition coefficient (Wildman–Crippen LogP) is 4.03. The van der Waals surface area contributed by atoms with E-state index in [4.69, 9.17) is 5.73 Å². The van der Waals surface area contributed by atoms with Gasteiger partial charge in [0, 0.05) is 17.3 Å². The van der Waals surface area contributed by atoms with Crippen molar-refractivity contribution in [2.24, 2.45) is 0 Å². The van der Waals surface area contributed by atoms with Gasteiger partial charge in [0.25, 0.3) is 5.91 Å². The van der Waals surface area contributed by atoms with Gasteiger partial charge in [-0.05, 0) is 31.9 Å². The maximum Gasteiger partial charge on any atom is 0.266 e. The quantitative estimate of drug-likeness (QED) is 0.930. The highest BCUT2D eigenvalue weighted by molar-refractivity contribution is 7.21. The van der Waals surface area contributed by atoms with Crippen molar-refractivity contribution in [2.75, 3.05) is 12.3 Å². The number of nitrogens with zero attached hydrogens (tertiary/aromatic N) is 1. The Labute approximate surface area is 127 Å². The molecule has 21 heavy (non-hydrogen) atoms. The first-order valence-corrected chi connectivity index (χ1v) is 8.22. The van der Waals surface area contributed by atoms with Gasteiger partial charge in [-0.15, -0.1) is 11.3 Å². The number of halogens is 1. The molecule has 0 aliphatic heterocycles. The molecule has 1 aromatic carbocycles. The van der Waals surface area contributed by atoms with E-state index in [1.165, 1.54) is 30.2 Å². The van der Waals surface area contributed by atoms with E-state index in [-0.39, 0.29) is 17.4 Å². The zero-order valence-electron chi connectivity index (χ0n) is 12.1. The molecule has 1 heterocycles. The number of hydrogen-bond donors (Lipinski definition) is 1. The zero-order valence-corrected chi connectivity index (χ0v) is 12.9. The second kappa shape index (κ2) is 5.64. The highest BCUT2D eigenvalue weighted by Crippen LogP contribution is 2.37. The smallest absolute Gasteiger partial charge is 0.266 e. The van der Waals surface area contributed by atoms with Gasteiger partial charge >= 0.3 is 0 Å². The molecule has 112 valence electrons. The second-order valence-electron chi connectivity index (χ2n) is 5.49. The van der Waals surface area contributed by atoms with Crippen LogP contribution in [0.3, 0.4) is 0 Å². The largest absolute Gasteiger partial charge is 0.397 e. The fraction of sp³-hybridized carbons (Fsp3) is 0.438. The minimum Gasteiger partial charge on any atom is -0.397 e. The predicted molar refractivity (Wildman–Crippen MR) is 85.2 cm³/mol. The molecule has 1 aromatic heterocycles. The Balaban J connectivity index is 2.00. The first kappa shape index (κ1) is 14.3. The molecular weight excluding hydrogens is 287 g/mol. The third kappa shape index (κ3) is 2.39. The van der Waals surface area contributed by atoms with Crippen molar-refractivity contribution in [3.8, 4) is 0 Å². The number of carbonyl (C=O) groups is 1. The van der Waals surface area contributed by atoms with Gasteiger partial charge in [0.2, 0.25) is 0 Å². The number of fused-ring (bicyclic) bond motifs is 1. The number of anilines is 1. The average Bonchev–Trinajstić information content (AvgIpc) is 3.09. The number of thiophene rings is 1. The molecule has 2 aromatic rings. The maximum atomic E-state index is 13.9. The monoisotopic (exact) mass is 306 g/mol. The van der Waals surface area contributed by atoms with Crippen LogP contribution in [-0.4, -0.2) is 23.4 Å². The lowest BCUT2D eigenvalue weighted by atomic mass is 10.1. The van der Waals surface area contributed by atoms with E-state index in [0.717, 1.165) is 17.5 Å². The molecule has 0 bridgehead atoms. The molecule has 1 saturated carbocycles. The number of rotatable bonds is 3. The molecule has 0 atom stereocenters. The number of hydrogen-bond acceptors (Lipinski definition) is 3. The minimum absolute atomic E-state index is 0.0532. The number of amides is 1. The summed E-state index contributed by atoms with van der Waals surface area (Å²) in [6.07, 6.45) is 4.45. The van der Waals surface area contributed by atoms with E-state index in [9.17, 15) is 9.18 Å². The molecule has 0 spiro atoms. The standard InChI is InChI=1S/C16H19FN2OS/c1-2-19(10-6-3-4-7-10)16(20)15-14(18)13-11(17)8-5-9-12(13)21-15/h5,8-10H,2-4,6-7,18H2,1H3. The van der Waals surface area contributed by atoms with E-state index >= 15 is 0 Å². The number of carbonyl (C=O) groups excluding carboxylic acids is 1. The van der Waals surface area contributed by atoms with Crippen molar-refractivity contribution >= 4 is 33.0 Å². The molecule has 2 N–H and O–H groups in total. The Morgan fingerprint density at radius 1 is 1.43 bits per heavy atom. The maximum absolute atomic E-state index is 13.9. The van der Waals surface area contributed by atoms with Gasteiger partial charge in [-0.1, -0.05) is 18.9 Å². The normalized spacial score (nSPS) is 15.7. The van der Waals surface area contributed by atoms with Crippen LogP contribution in [0.15, 0.2) is 18.2 Å². The third-order valence-corrected chi connectivity index (χ3v) is 5.42. The van der Waals surface area contributed by atoms with Crippen molar-refractivity contribution in [3.05, 3.63) is 28.9 Å².